The van der Waals surface area contributed by atoms with Crippen molar-refractivity contribution < 1.29 is 4.79 Å². The molecule has 0 spiro atoms. The minimum absolute atomic E-state index is 0.212. The smallest absolute Gasteiger partial charge is 0.222 e. The lowest BCUT2D eigenvalue weighted by Crippen LogP contribution is -2.27. The summed E-state index contributed by atoms with van der Waals surface area (Å²) < 4.78 is 0. The molecule has 2 nitrogen and oxygen atoms in total. The van der Waals surface area contributed by atoms with Gasteiger partial charge in [0.05, 0.1) is 0 Å². The van der Waals surface area contributed by atoms with E-state index in [9.17, 15) is 4.79 Å². The van der Waals surface area contributed by atoms with Gasteiger partial charge < -0.3 is 4.90 Å². The van der Waals surface area contributed by atoms with Gasteiger partial charge in [-0.15, -0.1) is 6.58 Å². The van der Waals surface area contributed by atoms with Crippen LogP contribution in [0.3, 0.4) is 0 Å². The molecule has 1 unspecified atom stereocenters. The van der Waals surface area contributed by atoms with Crippen molar-refractivity contribution >= 4 is 5.91 Å². The molecule has 2 heteroatoms. The van der Waals surface area contributed by atoms with Gasteiger partial charge in [0.15, 0.2) is 0 Å². The van der Waals surface area contributed by atoms with Crippen LogP contribution >= 0.6 is 0 Å². The van der Waals surface area contributed by atoms with Gasteiger partial charge in [0, 0.05) is 20.0 Å². The van der Waals surface area contributed by atoms with Crippen LogP contribution in [-0.2, 0) is 4.79 Å². The highest BCUT2D eigenvalue weighted by molar-refractivity contribution is 5.76. The first kappa shape index (κ1) is 11.2. The highest BCUT2D eigenvalue weighted by Crippen LogP contribution is 2.07. The molecule has 0 saturated heterocycles. The van der Waals surface area contributed by atoms with E-state index < -0.39 is 0 Å². The fourth-order valence-corrected chi connectivity index (χ4v) is 0.894. The Bertz CT molecular complexity index is 154. The fourth-order valence-electron chi connectivity index (χ4n) is 0.894. The van der Waals surface area contributed by atoms with Gasteiger partial charge in [0.2, 0.25) is 5.91 Å². The molecular weight excluding hydrogens is 150 g/mol. The van der Waals surface area contributed by atoms with Crippen LogP contribution in [0.25, 0.3) is 0 Å². The Morgan fingerprint density at radius 1 is 1.67 bits per heavy atom. The van der Waals surface area contributed by atoms with E-state index in [1.807, 2.05) is 7.05 Å². The number of hydrogen-bond donors (Lipinski definition) is 0. The summed E-state index contributed by atoms with van der Waals surface area (Å²) in [6.07, 6.45) is 3.46. The second-order valence-corrected chi connectivity index (χ2v) is 3.28. The average molecular weight is 169 g/mol. The van der Waals surface area contributed by atoms with Crippen molar-refractivity contribution in [3.63, 3.8) is 0 Å². The van der Waals surface area contributed by atoms with Gasteiger partial charge in [-0.25, -0.2) is 0 Å². The molecule has 1 atom stereocenters. The van der Waals surface area contributed by atoms with Crippen LogP contribution in [0.5, 0.6) is 0 Å². The van der Waals surface area contributed by atoms with Gasteiger partial charge >= 0.3 is 0 Å². The molecule has 0 heterocycles. The Balaban J connectivity index is 3.77. The first-order valence-corrected chi connectivity index (χ1v) is 4.46. The minimum atomic E-state index is 0.212. The van der Waals surface area contributed by atoms with E-state index >= 15 is 0 Å². The normalized spacial score (nSPS) is 12.2. The van der Waals surface area contributed by atoms with E-state index in [1.54, 1.807) is 11.0 Å². The molecule has 0 rings (SSSR count). The zero-order chi connectivity index (χ0) is 9.56. The predicted molar refractivity (Wildman–Crippen MR) is 51.9 cm³/mol. The van der Waals surface area contributed by atoms with Crippen molar-refractivity contribution in [2.45, 2.75) is 26.7 Å². The van der Waals surface area contributed by atoms with Crippen LogP contribution in [0.4, 0.5) is 0 Å². The van der Waals surface area contributed by atoms with E-state index in [-0.39, 0.29) is 5.91 Å². The van der Waals surface area contributed by atoms with Crippen LogP contribution in [0.2, 0.25) is 0 Å². The molecule has 0 fully saturated rings. The topological polar surface area (TPSA) is 20.3 Å². The molecule has 0 aromatic rings. The number of likely N-dealkylation sites (N-methyl/N-ethyl adjacent to an activating group) is 1. The van der Waals surface area contributed by atoms with Crippen LogP contribution in [0, 0.1) is 5.92 Å². The zero-order valence-corrected chi connectivity index (χ0v) is 8.34. The summed E-state index contributed by atoms with van der Waals surface area (Å²) in [5.74, 6) is 0.703. The highest BCUT2D eigenvalue weighted by atomic mass is 16.2. The summed E-state index contributed by atoms with van der Waals surface area (Å²) >= 11 is 0. The highest BCUT2D eigenvalue weighted by Gasteiger charge is 2.10. The Hall–Kier alpha value is -0.790. The molecule has 0 aliphatic carbocycles. The maximum atomic E-state index is 11.4. The Morgan fingerprint density at radius 3 is 2.67 bits per heavy atom. The number of nitrogens with zero attached hydrogens (tertiary/aromatic N) is 1. The van der Waals surface area contributed by atoms with Gasteiger partial charge in [-0.3, -0.25) is 4.79 Å². The molecular formula is C10H19NO. The standard InChI is InChI=1S/C10H19NO/c1-5-7-11(4)10(12)8-9(3)6-2/h5,9H,1,6-8H2,2-4H3. The summed E-state index contributed by atoms with van der Waals surface area (Å²) in [5.41, 5.74) is 0. The van der Waals surface area contributed by atoms with Crippen molar-refractivity contribution in [3.8, 4) is 0 Å². The third kappa shape index (κ3) is 4.16. The molecule has 0 bridgehead atoms. The number of rotatable bonds is 5. The largest absolute Gasteiger partial charge is 0.342 e. The van der Waals surface area contributed by atoms with Crippen molar-refractivity contribution in [1.29, 1.82) is 0 Å². The number of carbonyl (C=O) groups excluding carboxylic acids is 1. The maximum Gasteiger partial charge on any atom is 0.222 e. The average Bonchev–Trinajstić information content (AvgIpc) is 2.04. The van der Waals surface area contributed by atoms with Gasteiger partial charge in [0.1, 0.15) is 0 Å². The van der Waals surface area contributed by atoms with Crippen LogP contribution in [-0.4, -0.2) is 24.4 Å². The first-order valence-electron chi connectivity index (χ1n) is 4.46. The Kier molecular flexibility index (Phi) is 5.43. The van der Waals surface area contributed by atoms with Crippen molar-refractivity contribution in [2.75, 3.05) is 13.6 Å². The lowest BCUT2D eigenvalue weighted by molar-refractivity contribution is -0.130. The molecule has 0 aliphatic heterocycles. The monoisotopic (exact) mass is 169 g/mol. The van der Waals surface area contributed by atoms with Crippen LogP contribution in [0.15, 0.2) is 12.7 Å². The molecule has 1 amide bonds. The summed E-state index contributed by atoms with van der Waals surface area (Å²) in [7, 11) is 1.81. The molecule has 0 aromatic heterocycles. The molecule has 0 N–H and O–H groups in total. The molecule has 0 aliphatic rings. The van der Waals surface area contributed by atoms with Crippen LogP contribution in [0.1, 0.15) is 26.7 Å². The number of amides is 1. The van der Waals surface area contributed by atoms with Crippen molar-refractivity contribution in [1.82, 2.24) is 4.90 Å². The second-order valence-electron chi connectivity index (χ2n) is 3.28. The van der Waals surface area contributed by atoms with E-state index in [2.05, 4.69) is 20.4 Å². The molecule has 0 saturated carbocycles. The molecule has 12 heavy (non-hydrogen) atoms. The molecule has 70 valence electrons. The fraction of sp³-hybridized carbons (Fsp3) is 0.700. The summed E-state index contributed by atoms with van der Waals surface area (Å²) in [6, 6.07) is 0. The van der Waals surface area contributed by atoms with Gasteiger partial charge in [-0.05, 0) is 5.92 Å². The van der Waals surface area contributed by atoms with Crippen LogP contribution < -0.4 is 0 Å². The Morgan fingerprint density at radius 2 is 2.25 bits per heavy atom. The Labute approximate surface area is 75.3 Å². The third-order valence-electron chi connectivity index (χ3n) is 2.05. The SMILES string of the molecule is C=CCN(C)C(=O)CC(C)CC. The second kappa shape index (κ2) is 5.81. The number of hydrogen-bond acceptors (Lipinski definition) is 1. The van der Waals surface area contributed by atoms with E-state index in [0.29, 0.717) is 18.9 Å². The lowest BCUT2D eigenvalue weighted by atomic mass is 10.0. The molecule has 0 aromatic carbocycles. The molecule has 0 radical (unpaired) electrons. The summed E-state index contributed by atoms with van der Waals surface area (Å²) in [4.78, 5) is 13.1. The van der Waals surface area contributed by atoms with Gasteiger partial charge in [-0.2, -0.15) is 0 Å². The van der Waals surface area contributed by atoms with E-state index in [4.69, 9.17) is 0 Å². The van der Waals surface area contributed by atoms with Gasteiger partial charge in [-0.1, -0.05) is 26.3 Å². The quantitative estimate of drug-likeness (QED) is 0.577. The first-order chi connectivity index (χ1) is 5.61. The summed E-state index contributed by atoms with van der Waals surface area (Å²) in [6.45, 7) is 8.44. The predicted octanol–water partition coefficient (Wildman–Crippen LogP) is 2.07. The van der Waals surface area contributed by atoms with Crippen molar-refractivity contribution in [2.24, 2.45) is 5.92 Å². The lowest BCUT2D eigenvalue weighted by Gasteiger charge is -2.16. The third-order valence-corrected chi connectivity index (χ3v) is 2.05. The van der Waals surface area contributed by atoms with Gasteiger partial charge in [0.25, 0.3) is 0 Å². The zero-order valence-electron chi connectivity index (χ0n) is 8.34. The van der Waals surface area contributed by atoms with E-state index in [1.165, 1.54) is 0 Å². The minimum Gasteiger partial charge on any atom is -0.342 e. The summed E-state index contributed by atoms with van der Waals surface area (Å²) in [5, 5.41) is 0. The van der Waals surface area contributed by atoms with E-state index in [0.717, 1.165) is 6.42 Å². The maximum absolute atomic E-state index is 11.4. The number of carbonyl (C=O) groups is 1. The van der Waals surface area contributed by atoms with Crippen molar-refractivity contribution in [3.05, 3.63) is 12.7 Å².